The molecule has 3 rings (SSSR count). The third kappa shape index (κ3) is 5.38. The van der Waals surface area contributed by atoms with E-state index in [2.05, 4.69) is 46.4 Å². The molecule has 0 saturated carbocycles. The van der Waals surface area contributed by atoms with E-state index in [9.17, 15) is 14.9 Å². The zero-order valence-corrected chi connectivity index (χ0v) is 19.5. The normalized spacial score (nSPS) is 10.8. The number of amides is 1. The maximum absolute atomic E-state index is 12.3. The number of nitrogens with one attached hydrogen (secondary N) is 1. The second-order valence-electron chi connectivity index (χ2n) is 6.84. The molecule has 9 nitrogen and oxygen atoms in total. The van der Waals surface area contributed by atoms with Crippen LogP contribution in [0.15, 0.2) is 47.6 Å². The number of halogens is 1. The third-order valence-electron chi connectivity index (χ3n) is 4.86. The lowest BCUT2D eigenvalue weighted by atomic mass is 10.2. The van der Waals surface area contributed by atoms with Gasteiger partial charge in [0, 0.05) is 43.5 Å². The highest BCUT2D eigenvalue weighted by atomic mass is 35.5. The van der Waals surface area contributed by atoms with Crippen molar-refractivity contribution < 1.29 is 9.72 Å². The molecule has 1 heterocycles. The maximum atomic E-state index is 12.3. The minimum Gasteiger partial charge on any atom is -0.372 e. The van der Waals surface area contributed by atoms with Crippen molar-refractivity contribution >= 4 is 46.3 Å². The largest absolute Gasteiger partial charge is 0.372 e. The zero-order chi connectivity index (χ0) is 23.3. The Labute approximate surface area is 194 Å². The monoisotopic (exact) mass is 474 g/mol. The van der Waals surface area contributed by atoms with E-state index < -0.39 is 4.92 Å². The number of benzene rings is 2. The van der Waals surface area contributed by atoms with Gasteiger partial charge in [0.1, 0.15) is 0 Å². The molecule has 2 aromatic carbocycles. The highest BCUT2D eigenvalue weighted by Gasteiger charge is 2.15. The fourth-order valence-corrected chi connectivity index (χ4v) is 4.02. The Bertz CT molecular complexity index is 1120. The van der Waals surface area contributed by atoms with Crippen molar-refractivity contribution in [3.63, 3.8) is 0 Å². The van der Waals surface area contributed by atoms with E-state index in [0.717, 1.165) is 24.3 Å². The van der Waals surface area contributed by atoms with Gasteiger partial charge in [-0.15, -0.1) is 10.2 Å². The fraction of sp³-hybridized carbons (Fsp3) is 0.286. The van der Waals surface area contributed by atoms with Gasteiger partial charge in [0.25, 0.3) is 5.69 Å². The molecule has 0 aliphatic rings. The molecule has 1 amide bonds. The van der Waals surface area contributed by atoms with E-state index in [1.165, 1.54) is 30.0 Å². The lowest BCUT2D eigenvalue weighted by Crippen LogP contribution is -2.21. The first kappa shape index (κ1) is 23.6. The number of carbonyl (C=O) groups excluding carboxylic acids is 1. The summed E-state index contributed by atoms with van der Waals surface area (Å²) in [6.45, 7) is 6.10. The Morgan fingerprint density at radius 1 is 1.19 bits per heavy atom. The maximum Gasteiger partial charge on any atom is 0.271 e. The van der Waals surface area contributed by atoms with Crippen LogP contribution in [-0.4, -0.2) is 44.4 Å². The average molecular weight is 475 g/mol. The van der Waals surface area contributed by atoms with E-state index in [1.807, 2.05) is 23.7 Å². The molecule has 0 spiro atoms. The van der Waals surface area contributed by atoms with Crippen LogP contribution in [0.3, 0.4) is 0 Å². The molecule has 0 unspecified atom stereocenters. The summed E-state index contributed by atoms with van der Waals surface area (Å²) in [6, 6.07) is 12.0. The molecular formula is C21H23ClN6O3S. The van der Waals surface area contributed by atoms with Crippen molar-refractivity contribution in [3.05, 3.63) is 57.6 Å². The Kier molecular flexibility index (Phi) is 7.70. The molecule has 1 N–H and O–H groups in total. The van der Waals surface area contributed by atoms with Crippen LogP contribution in [0.1, 0.15) is 13.8 Å². The van der Waals surface area contributed by atoms with Crippen LogP contribution in [0.25, 0.3) is 11.4 Å². The molecule has 0 radical (unpaired) electrons. The van der Waals surface area contributed by atoms with Crippen LogP contribution in [0.2, 0.25) is 5.02 Å². The summed E-state index contributed by atoms with van der Waals surface area (Å²) in [5.41, 5.74) is 2.11. The number of non-ortho nitro benzene ring substituents is 1. The van der Waals surface area contributed by atoms with E-state index >= 15 is 0 Å². The van der Waals surface area contributed by atoms with Gasteiger partial charge in [-0.05, 0) is 44.2 Å². The lowest BCUT2D eigenvalue weighted by Gasteiger charge is -2.21. The quantitative estimate of drug-likeness (QED) is 0.274. The first-order valence-electron chi connectivity index (χ1n) is 9.95. The van der Waals surface area contributed by atoms with Gasteiger partial charge < -0.3 is 14.8 Å². The van der Waals surface area contributed by atoms with Gasteiger partial charge >= 0.3 is 0 Å². The number of carbonyl (C=O) groups is 1. The first-order chi connectivity index (χ1) is 15.3. The second-order valence-corrected chi connectivity index (χ2v) is 8.19. The van der Waals surface area contributed by atoms with Crippen molar-refractivity contribution in [1.29, 1.82) is 0 Å². The van der Waals surface area contributed by atoms with Crippen molar-refractivity contribution in [2.75, 3.05) is 29.1 Å². The fourth-order valence-electron chi connectivity index (χ4n) is 3.14. The van der Waals surface area contributed by atoms with Gasteiger partial charge in [-0.2, -0.15) is 0 Å². The SMILES string of the molecule is CCN(CC)c1ccc(-c2nnc(SCC(=O)Nc3cc([N+](=O)[O-])ccc3Cl)n2C)cc1. The summed E-state index contributed by atoms with van der Waals surface area (Å²) in [6.07, 6.45) is 0. The summed E-state index contributed by atoms with van der Waals surface area (Å²) >= 11 is 7.25. The summed E-state index contributed by atoms with van der Waals surface area (Å²) < 4.78 is 1.82. The molecule has 0 aliphatic heterocycles. The topological polar surface area (TPSA) is 106 Å². The van der Waals surface area contributed by atoms with E-state index in [1.54, 1.807) is 0 Å². The Morgan fingerprint density at radius 2 is 1.88 bits per heavy atom. The number of aromatic nitrogens is 3. The minimum absolute atomic E-state index is 0.0475. The van der Waals surface area contributed by atoms with Gasteiger partial charge in [-0.25, -0.2) is 0 Å². The second kappa shape index (κ2) is 10.5. The summed E-state index contributed by atoms with van der Waals surface area (Å²) in [7, 11) is 1.84. The smallest absolute Gasteiger partial charge is 0.271 e. The number of anilines is 2. The highest BCUT2D eigenvalue weighted by molar-refractivity contribution is 7.99. The Morgan fingerprint density at radius 3 is 2.50 bits per heavy atom. The average Bonchev–Trinajstić information content (AvgIpc) is 3.15. The highest BCUT2D eigenvalue weighted by Crippen LogP contribution is 2.28. The number of rotatable bonds is 9. The summed E-state index contributed by atoms with van der Waals surface area (Å²) in [5.74, 6) is 0.387. The van der Waals surface area contributed by atoms with Crippen LogP contribution in [0, 0.1) is 10.1 Å². The van der Waals surface area contributed by atoms with E-state index in [0.29, 0.717) is 11.0 Å². The van der Waals surface area contributed by atoms with Gasteiger partial charge in [-0.1, -0.05) is 23.4 Å². The van der Waals surface area contributed by atoms with Crippen LogP contribution < -0.4 is 10.2 Å². The third-order valence-corrected chi connectivity index (χ3v) is 6.21. The van der Waals surface area contributed by atoms with Crippen molar-refractivity contribution in [1.82, 2.24) is 14.8 Å². The minimum atomic E-state index is -0.545. The van der Waals surface area contributed by atoms with Crippen LogP contribution in [0.4, 0.5) is 17.1 Å². The molecule has 11 heteroatoms. The number of hydrogen-bond donors (Lipinski definition) is 1. The van der Waals surface area contributed by atoms with Crippen molar-refractivity contribution in [2.45, 2.75) is 19.0 Å². The van der Waals surface area contributed by atoms with Crippen LogP contribution in [0.5, 0.6) is 0 Å². The number of nitro groups is 1. The van der Waals surface area contributed by atoms with E-state index in [-0.39, 0.29) is 28.1 Å². The molecule has 32 heavy (non-hydrogen) atoms. The molecule has 0 atom stereocenters. The Hall–Kier alpha value is -3.11. The first-order valence-corrected chi connectivity index (χ1v) is 11.3. The standard InChI is InChI=1S/C21H23ClN6O3S/c1-4-27(5-2)15-8-6-14(7-9-15)20-24-25-21(26(20)3)32-13-19(29)23-18-12-16(28(30)31)10-11-17(18)22/h6-12H,4-5,13H2,1-3H3,(H,23,29). The number of nitro benzene ring substituents is 1. The predicted octanol–water partition coefficient (Wildman–Crippen LogP) is 4.62. The predicted molar refractivity (Wildman–Crippen MR) is 127 cm³/mol. The molecule has 0 saturated heterocycles. The van der Waals surface area contributed by atoms with E-state index in [4.69, 9.17) is 11.6 Å². The molecule has 0 fully saturated rings. The lowest BCUT2D eigenvalue weighted by molar-refractivity contribution is -0.384. The van der Waals surface area contributed by atoms with Crippen molar-refractivity contribution in [2.24, 2.45) is 7.05 Å². The van der Waals surface area contributed by atoms with Crippen LogP contribution >= 0.6 is 23.4 Å². The van der Waals surface area contributed by atoms with Gasteiger partial charge in [0.05, 0.1) is 21.4 Å². The molecule has 168 valence electrons. The molecule has 1 aromatic heterocycles. The zero-order valence-electron chi connectivity index (χ0n) is 17.9. The number of thioether (sulfide) groups is 1. The van der Waals surface area contributed by atoms with Gasteiger partial charge in [0.15, 0.2) is 11.0 Å². The molecule has 0 bridgehead atoms. The Balaban J connectivity index is 1.66. The number of hydrogen-bond acceptors (Lipinski definition) is 7. The summed E-state index contributed by atoms with van der Waals surface area (Å²) in [4.78, 5) is 25.0. The molecule has 3 aromatic rings. The van der Waals surface area contributed by atoms with Crippen LogP contribution in [-0.2, 0) is 11.8 Å². The summed E-state index contributed by atoms with van der Waals surface area (Å²) in [5, 5.41) is 22.8. The van der Waals surface area contributed by atoms with Gasteiger partial charge in [-0.3, -0.25) is 14.9 Å². The van der Waals surface area contributed by atoms with Crippen molar-refractivity contribution in [3.8, 4) is 11.4 Å². The number of nitrogens with zero attached hydrogens (tertiary/aromatic N) is 5. The molecule has 0 aliphatic carbocycles. The van der Waals surface area contributed by atoms with Gasteiger partial charge in [0.2, 0.25) is 5.91 Å². The molecular weight excluding hydrogens is 452 g/mol.